The maximum Gasteiger partial charge on any atom is 0.104 e. The van der Waals surface area contributed by atoms with E-state index >= 15 is 0 Å². The summed E-state index contributed by atoms with van der Waals surface area (Å²) in [5.41, 5.74) is 2.92. The van der Waals surface area contributed by atoms with Gasteiger partial charge in [-0.25, -0.2) is 4.98 Å². The molecule has 1 aliphatic rings. The molecule has 2 nitrogen and oxygen atoms in total. The van der Waals surface area contributed by atoms with Crippen LogP contribution in [0.4, 0.5) is 0 Å². The molecule has 1 heterocycles. The van der Waals surface area contributed by atoms with Crippen molar-refractivity contribution >= 4 is 11.3 Å². The molecule has 0 saturated heterocycles. The summed E-state index contributed by atoms with van der Waals surface area (Å²) in [5.74, 6) is 0. The van der Waals surface area contributed by atoms with E-state index in [0.717, 1.165) is 13.0 Å². The number of nitrogens with one attached hydrogen (secondary N) is 1. The van der Waals surface area contributed by atoms with Crippen LogP contribution >= 0.6 is 11.3 Å². The topological polar surface area (TPSA) is 24.9 Å². The number of thiazole rings is 1. The lowest BCUT2D eigenvalue weighted by molar-refractivity contribution is 0.300. The van der Waals surface area contributed by atoms with Gasteiger partial charge in [0.25, 0.3) is 0 Å². The second kappa shape index (κ2) is 5.66. The van der Waals surface area contributed by atoms with Crippen molar-refractivity contribution in [2.45, 2.75) is 44.6 Å². The molecule has 106 valence electrons. The molecule has 20 heavy (non-hydrogen) atoms. The first-order valence-corrected chi connectivity index (χ1v) is 8.31. The van der Waals surface area contributed by atoms with Crippen LogP contribution in [0, 0.1) is 0 Å². The van der Waals surface area contributed by atoms with Gasteiger partial charge in [-0.15, -0.1) is 11.3 Å². The van der Waals surface area contributed by atoms with Gasteiger partial charge in [0, 0.05) is 16.8 Å². The van der Waals surface area contributed by atoms with Gasteiger partial charge in [0.2, 0.25) is 0 Å². The van der Waals surface area contributed by atoms with Crippen molar-refractivity contribution in [3.05, 3.63) is 51.5 Å². The molecule has 0 amide bonds. The largest absolute Gasteiger partial charge is 0.315 e. The van der Waals surface area contributed by atoms with E-state index in [2.05, 4.69) is 42.6 Å². The lowest BCUT2D eigenvalue weighted by Crippen LogP contribution is -2.35. The number of hydrogen-bond donors (Lipinski definition) is 1. The van der Waals surface area contributed by atoms with Crippen molar-refractivity contribution in [3.63, 3.8) is 0 Å². The first-order chi connectivity index (χ1) is 9.80. The number of rotatable bonds is 5. The number of benzene rings is 1. The third kappa shape index (κ3) is 2.19. The highest BCUT2D eigenvalue weighted by molar-refractivity contribution is 7.12. The molecule has 0 bridgehead atoms. The zero-order valence-corrected chi connectivity index (χ0v) is 13.1. The summed E-state index contributed by atoms with van der Waals surface area (Å²) in [5, 5.41) is 4.60. The molecule has 1 N–H and O–H groups in total. The maximum absolute atomic E-state index is 5.00. The molecular formula is C17H22N2S. The standard InChI is InChI=1S/C17H22N2S/c1-3-14-15(12-18-2)20-16(19-14)17(10-7-11-17)13-8-5-4-6-9-13/h4-6,8-9,18H,3,7,10-12H2,1-2H3. The highest BCUT2D eigenvalue weighted by atomic mass is 32.1. The van der Waals surface area contributed by atoms with Crippen molar-refractivity contribution in [3.8, 4) is 0 Å². The van der Waals surface area contributed by atoms with E-state index in [1.165, 1.54) is 40.4 Å². The summed E-state index contributed by atoms with van der Waals surface area (Å²) < 4.78 is 0. The summed E-state index contributed by atoms with van der Waals surface area (Å²) in [7, 11) is 2.01. The predicted octanol–water partition coefficient (Wildman–Crippen LogP) is 3.89. The molecule has 0 spiro atoms. The lowest BCUT2D eigenvalue weighted by atomic mass is 9.65. The monoisotopic (exact) mass is 286 g/mol. The van der Waals surface area contributed by atoms with E-state index in [1.54, 1.807) is 0 Å². The van der Waals surface area contributed by atoms with E-state index in [9.17, 15) is 0 Å². The molecule has 2 aromatic rings. The molecule has 0 unspecified atom stereocenters. The Morgan fingerprint density at radius 3 is 2.55 bits per heavy atom. The average molecular weight is 286 g/mol. The van der Waals surface area contributed by atoms with Crippen LogP contribution in [0.5, 0.6) is 0 Å². The third-order valence-corrected chi connectivity index (χ3v) is 5.70. The van der Waals surface area contributed by atoms with Gasteiger partial charge in [-0.1, -0.05) is 43.7 Å². The Kier molecular flexibility index (Phi) is 3.90. The van der Waals surface area contributed by atoms with Crippen molar-refractivity contribution in [1.82, 2.24) is 10.3 Å². The zero-order valence-electron chi connectivity index (χ0n) is 12.3. The minimum Gasteiger partial charge on any atom is -0.315 e. The van der Waals surface area contributed by atoms with Gasteiger partial charge in [0.15, 0.2) is 0 Å². The molecule has 1 saturated carbocycles. The zero-order chi connectivity index (χ0) is 14.0. The average Bonchev–Trinajstić information content (AvgIpc) is 2.83. The van der Waals surface area contributed by atoms with Crippen LogP contribution in [0.25, 0.3) is 0 Å². The molecule has 3 rings (SSSR count). The quantitative estimate of drug-likeness (QED) is 0.902. The first-order valence-electron chi connectivity index (χ1n) is 7.49. The molecule has 1 aromatic carbocycles. The summed E-state index contributed by atoms with van der Waals surface area (Å²) in [6.07, 6.45) is 4.83. The van der Waals surface area contributed by atoms with Crippen molar-refractivity contribution in [2.24, 2.45) is 0 Å². The smallest absolute Gasteiger partial charge is 0.104 e. The molecule has 1 aliphatic carbocycles. The van der Waals surface area contributed by atoms with Crippen LogP contribution in [0.15, 0.2) is 30.3 Å². The molecule has 1 aromatic heterocycles. The Balaban J connectivity index is 2.02. The summed E-state index contributed by atoms with van der Waals surface area (Å²) >= 11 is 1.91. The normalized spacial score (nSPS) is 16.9. The summed E-state index contributed by atoms with van der Waals surface area (Å²) in [4.78, 5) is 6.41. The fourth-order valence-corrected chi connectivity index (χ4v) is 4.51. The number of aromatic nitrogens is 1. The third-order valence-electron chi connectivity index (χ3n) is 4.39. The Morgan fingerprint density at radius 1 is 1.25 bits per heavy atom. The molecule has 0 atom stereocenters. The molecule has 0 radical (unpaired) electrons. The van der Waals surface area contributed by atoms with Gasteiger partial charge in [-0.05, 0) is 31.9 Å². The second-order valence-electron chi connectivity index (χ2n) is 5.57. The SMILES string of the molecule is CCc1nc(C2(c3ccccc3)CCC2)sc1CNC. The van der Waals surface area contributed by atoms with Gasteiger partial charge in [-0.3, -0.25) is 0 Å². The van der Waals surface area contributed by atoms with E-state index in [0.29, 0.717) is 0 Å². The number of aryl methyl sites for hydroxylation is 1. The lowest BCUT2D eigenvalue weighted by Gasteiger charge is -2.40. The van der Waals surface area contributed by atoms with Gasteiger partial charge in [0.05, 0.1) is 5.69 Å². The van der Waals surface area contributed by atoms with E-state index in [4.69, 9.17) is 4.98 Å². The molecule has 3 heteroatoms. The molecule has 1 fully saturated rings. The van der Waals surface area contributed by atoms with Crippen LogP contribution in [-0.2, 0) is 18.4 Å². The molecule has 0 aliphatic heterocycles. The molecular weight excluding hydrogens is 264 g/mol. The van der Waals surface area contributed by atoms with E-state index < -0.39 is 0 Å². The fourth-order valence-electron chi connectivity index (χ4n) is 3.08. The van der Waals surface area contributed by atoms with Crippen LogP contribution in [-0.4, -0.2) is 12.0 Å². The Hall–Kier alpha value is -1.19. The van der Waals surface area contributed by atoms with Crippen LogP contribution < -0.4 is 5.32 Å². The minimum absolute atomic E-state index is 0.196. The van der Waals surface area contributed by atoms with Gasteiger partial charge < -0.3 is 5.32 Å². The maximum atomic E-state index is 5.00. The van der Waals surface area contributed by atoms with Crippen molar-refractivity contribution in [1.29, 1.82) is 0 Å². The van der Waals surface area contributed by atoms with Crippen LogP contribution in [0.2, 0.25) is 0 Å². The van der Waals surface area contributed by atoms with E-state index in [-0.39, 0.29) is 5.41 Å². The minimum atomic E-state index is 0.196. The second-order valence-corrected chi connectivity index (χ2v) is 6.66. The van der Waals surface area contributed by atoms with Gasteiger partial charge >= 0.3 is 0 Å². The summed E-state index contributed by atoms with van der Waals surface area (Å²) in [6.45, 7) is 3.14. The van der Waals surface area contributed by atoms with Crippen molar-refractivity contribution in [2.75, 3.05) is 7.05 Å². The highest BCUT2D eigenvalue weighted by Crippen LogP contribution is 2.50. The Morgan fingerprint density at radius 2 is 2.00 bits per heavy atom. The highest BCUT2D eigenvalue weighted by Gasteiger charge is 2.43. The summed E-state index contributed by atoms with van der Waals surface area (Å²) in [6, 6.07) is 10.9. The predicted molar refractivity (Wildman–Crippen MR) is 85.3 cm³/mol. The van der Waals surface area contributed by atoms with Crippen molar-refractivity contribution < 1.29 is 0 Å². The van der Waals surface area contributed by atoms with E-state index in [1.807, 2.05) is 18.4 Å². The Bertz CT molecular complexity index is 570. The van der Waals surface area contributed by atoms with Crippen LogP contribution in [0.3, 0.4) is 0 Å². The fraction of sp³-hybridized carbons (Fsp3) is 0.471. The van der Waals surface area contributed by atoms with Crippen LogP contribution in [0.1, 0.15) is 47.3 Å². The number of hydrogen-bond acceptors (Lipinski definition) is 3. The number of nitrogens with zero attached hydrogens (tertiary/aromatic N) is 1. The first kappa shape index (κ1) is 13.8. The Labute approximate surface area is 125 Å². The van der Waals surface area contributed by atoms with Gasteiger partial charge in [-0.2, -0.15) is 0 Å². The van der Waals surface area contributed by atoms with Gasteiger partial charge in [0.1, 0.15) is 5.01 Å².